The molecule has 1 aromatic rings. The zero-order valence-corrected chi connectivity index (χ0v) is 9.60. The molecule has 0 bridgehead atoms. The zero-order valence-electron chi connectivity index (χ0n) is 8.78. The molecule has 1 unspecified atom stereocenters. The number of aliphatic hydroxyl groups is 2. The minimum Gasteiger partial charge on any atom is -0.393 e. The molecule has 0 aliphatic carbocycles. The van der Waals surface area contributed by atoms with Crippen molar-refractivity contribution in [3.63, 3.8) is 0 Å². The monoisotopic (exact) mass is 229 g/mol. The summed E-state index contributed by atoms with van der Waals surface area (Å²) in [4.78, 5) is 13.2. The third-order valence-electron chi connectivity index (χ3n) is 1.93. The van der Waals surface area contributed by atoms with Gasteiger partial charge in [-0.2, -0.15) is 0 Å². The summed E-state index contributed by atoms with van der Waals surface area (Å²) in [6.07, 6.45) is 0. The number of amides is 1. The molecule has 1 heterocycles. The first-order valence-corrected chi connectivity index (χ1v) is 5.44. The van der Waals surface area contributed by atoms with E-state index in [0.717, 1.165) is 4.88 Å². The number of carbonyl (C=O) groups is 1. The Bertz CT molecular complexity index is 346. The topological polar surface area (TPSA) is 69.6 Å². The van der Waals surface area contributed by atoms with Crippen LogP contribution in [0.4, 0.5) is 0 Å². The van der Waals surface area contributed by atoms with Gasteiger partial charge in [-0.1, -0.05) is 0 Å². The van der Waals surface area contributed by atoms with E-state index in [-0.39, 0.29) is 19.1 Å². The molecule has 1 aromatic heterocycles. The Labute approximate surface area is 92.6 Å². The Balaban J connectivity index is 2.50. The zero-order chi connectivity index (χ0) is 11.5. The number of carbonyl (C=O) groups excluding carboxylic acids is 1. The summed E-state index contributed by atoms with van der Waals surface area (Å²) in [7, 11) is 0. The number of aryl methyl sites for hydroxylation is 1. The van der Waals surface area contributed by atoms with Crippen molar-refractivity contribution in [3.05, 3.63) is 21.9 Å². The van der Waals surface area contributed by atoms with Crippen LogP contribution >= 0.6 is 11.3 Å². The number of aliphatic hydroxyl groups excluding tert-OH is 1. The lowest BCUT2D eigenvalue weighted by molar-refractivity contribution is 0.00323. The molecule has 84 valence electrons. The molecule has 4 nitrogen and oxygen atoms in total. The molecule has 0 aliphatic heterocycles. The van der Waals surface area contributed by atoms with Crippen molar-refractivity contribution in [3.8, 4) is 0 Å². The van der Waals surface area contributed by atoms with Gasteiger partial charge in [0.15, 0.2) is 0 Å². The van der Waals surface area contributed by atoms with Gasteiger partial charge in [0.05, 0.1) is 11.5 Å². The van der Waals surface area contributed by atoms with E-state index in [1.807, 2.05) is 13.0 Å². The van der Waals surface area contributed by atoms with E-state index in [1.54, 1.807) is 6.07 Å². The molecular formula is C10H15NO3S. The first kappa shape index (κ1) is 12.2. The van der Waals surface area contributed by atoms with Crippen molar-refractivity contribution in [2.75, 3.05) is 13.2 Å². The highest BCUT2D eigenvalue weighted by Gasteiger charge is 2.20. The van der Waals surface area contributed by atoms with Crippen LogP contribution in [-0.4, -0.2) is 34.9 Å². The van der Waals surface area contributed by atoms with Gasteiger partial charge >= 0.3 is 0 Å². The molecule has 1 rings (SSSR count). The quantitative estimate of drug-likeness (QED) is 0.705. The molecule has 1 amide bonds. The summed E-state index contributed by atoms with van der Waals surface area (Å²) in [5, 5.41) is 20.8. The van der Waals surface area contributed by atoms with Gasteiger partial charge in [0, 0.05) is 11.4 Å². The molecule has 0 aliphatic rings. The largest absolute Gasteiger partial charge is 0.393 e. The van der Waals surface area contributed by atoms with Crippen LogP contribution in [0.15, 0.2) is 12.1 Å². The maximum Gasteiger partial charge on any atom is 0.261 e. The van der Waals surface area contributed by atoms with E-state index in [9.17, 15) is 9.90 Å². The van der Waals surface area contributed by atoms with Crippen LogP contribution in [0.1, 0.15) is 21.5 Å². The summed E-state index contributed by atoms with van der Waals surface area (Å²) >= 11 is 1.40. The SMILES string of the molecule is Cc1ccc(C(=O)NCC(C)(O)CO)s1. The Morgan fingerprint density at radius 3 is 2.73 bits per heavy atom. The van der Waals surface area contributed by atoms with Crippen LogP contribution in [-0.2, 0) is 0 Å². The third-order valence-corrected chi connectivity index (χ3v) is 2.93. The Morgan fingerprint density at radius 2 is 2.27 bits per heavy atom. The fraction of sp³-hybridized carbons (Fsp3) is 0.500. The molecule has 0 saturated heterocycles. The van der Waals surface area contributed by atoms with Crippen molar-refractivity contribution >= 4 is 17.2 Å². The average molecular weight is 229 g/mol. The van der Waals surface area contributed by atoms with Crippen molar-refractivity contribution < 1.29 is 15.0 Å². The maximum absolute atomic E-state index is 11.5. The lowest BCUT2D eigenvalue weighted by Crippen LogP contribution is -2.43. The summed E-state index contributed by atoms with van der Waals surface area (Å²) < 4.78 is 0. The van der Waals surface area contributed by atoms with Gasteiger partial charge in [-0.05, 0) is 26.0 Å². The minimum atomic E-state index is -1.26. The molecule has 0 radical (unpaired) electrons. The highest BCUT2D eigenvalue weighted by Crippen LogP contribution is 2.14. The summed E-state index contributed by atoms with van der Waals surface area (Å²) in [5.41, 5.74) is -1.26. The fourth-order valence-corrected chi connectivity index (χ4v) is 1.75. The summed E-state index contributed by atoms with van der Waals surface area (Å²) in [5.74, 6) is -0.221. The van der Waals surface area contributed by atoms with Gasteiger partial charge < -0.3 is 15.5 Å². The van der Waals surface area contributed by atoms with E-state index in [0.29, 0.717) is 4.88 Å². The molecule has 0 saturated carbocycles. The summed E-state index contributed by atoms with van der Waals surface area (Å²) in [6, 6.07) is 3.60. The normalized spacial score (nSPS) is 14.7. The number of hydrogen-bond acceptors (Lipinski definition) is 4. The second-order valence-electron chi connectivity index (χ2n) is 3.75. The van der Waals surface area contributed by atoms with E-state index in [2.05, 4.69) is 5.32 Å². The molecule has 5 heteroatoms. The Morgan fingerprint density at radius 1 is 1.60 bits per heavy atom. The van der Waals surface area contributed by atoms with Crippen molar-refractivity contribution in [2.45, 2.75) is 19.4 Å². The minimum absolute atomic E-state index is 0.0410. The average Bonchev–Trinajstić information content (AvgIpc) is 2.61. The van der Waals surface area contributed by atoms with Crippen LogP contribution in [0.25, 0.3) is 0 Å². The van der Waals surface area contributed by atoms with Crippen molar-refractivity contribution in [1.82, 2.24) is 5.32 Å². The van der Waals surface area contributed by atoms with Gasteiger partial charge in [0.1, 0.15) is 5.60 Å². The number of rotatable bonds is 4. The van der Waals surface area contributed by atoms with E-state index in [4.69, 9.17) is 5.11 Å². The smallest absolute Gasteiger partial charge is 0.261 e. The molecule has 1 atom stereocenters. The van der Waals surface area contributed by atoms with Gasteiger partial charge in [0.2, 0.25) is 0 Å². The lowest BCUT2D eigenvalue weighted by Gasteiger charge is -2.20. The molecular weight excluding hydrogens is 214 g/mol. The van der Waals surface area contributed by atoms with Gasteiger partial charge in [-0.3, -0.25) is 4.79 Å². The van der Waals surface area contributed by atoms with Crippen LogP contribution < -0.4 is 5.32 Å². The second-order valence-corrected chi connectivity index (χ2v) is 5.04. The third kappa shape index (κ3) is 3.62. The molecule has 15 heavy (non-hydrogen) atoms. The van der Waals surface area contributed by atoms with Gasteiger partial charge in [-0.25, -0.2) is 0 Å². The van der Waals surface area contributed by atoms with E-state index in [1.165, 1.54) is 18.3 Å². The highest BCUT2D eigenvalue weighted by molar-refractivity contribution is 7.13. The molecule has 0 spiro atoms. The predicted molar refractivity (Wildman–Crippen MR) is 59.1 cm³/mol. The standard InChI is InChI=1S/C10H15NO3S/c1-7-3-4-8(15-7)9(13)11-5-10(2,14)6-12/h3-4,12,14H,5-6H2,1-2H3,(H,11,13). The van der Waals surface area contributed by atoms with E-state index < -0.39 is 5.60 Å². The van der Waals surface area contributed by atoms with Crippen molar-refractivity contribution in [1.29, 1.82) is 0 Å². The summed E-state index contributed by atoms with van der Waals surface area (Å²) in [6.45, 7) is 3.05. The van der Waals surface area contributed by atoms with Crippen LogP contribution in [0.3, 0.4) is 0 Å². The van der Waals surface area contributed by atoms with Gasteiger partial charge in [-0.15, -0.1) is 11.3 Å². The Hall–Kier alpha value is -0.910. The molecule has 0 aromatic carbocycles. The predicted octanol–water partition coefficient (Wildman–Crippen LogP) is 0.530. The fourth-order valence-electron chi connectivity index (χ4n) is 0.970. The highest BCUT2D eigenvalue weighted by atomic mass is 32.1. The van der Waals surface area contributed by atoms with Crippen molar-refractivity contribution in [2.24, 2.45) is 0 Å². The first-order chi connectivity index (χ1) is 6.94. The second kappa shape index (κ2) is 4.74. The lowest BCUT2D eigenvalue weighted by atomic mass is 10.1. The maximum atomic E-state index is 11.5. The van der Waals surface area contributed by atoms with Crippen LogP contribution in [0.2, 0.25) is 0 Å². The van der Waals surface area contributed by atoms with Gasteiger partial charge in [0.25, 0.3) is 5.91 Å². The van der Waals surface area contributed by atoms with Crippen LogP contribution in [0, 0.1) is 6.92 Å². The molecule has 3 N–H and O–H groups in total. The number of nitrogens with one attached hydrogen (secondary N) is 1. The van der Waals surface area contributed by atoms with Crippen LogP contribution in [0.5, 0.6) is 0 Å². The van der Waals surface area contributed by atoms with E-state index >= 15 is 0 Å². The number of thiophene rings is 1. The first-order valence-electron chi connectivity index (χ1n) is 4.62. The molecule has 0 fully saturated rings. The number of hydrogen-bond donors (Lipinski definition) is 3. The Kier molecular flexibility index (Phi) is 3.84.